The van der Waals surface area contributed by atoms with Crippen LogP contribution in [0, 0.1) is 13.8 Å². The summed E-state index contributed by atoms with van der Waals surface area (Å²) in [5.74, 6) is 0.0833. The van der Waals surface area contributed by atoms with Crippen molar-refractivity contribution in [3.05, 3.63) is 50.2 Å². The highest BCUT2D eigenvalue weighted by atomic mass is 16.5. The molecule has 1 aromatic carbocycles. The zero-order chi connectivity index (χ0) is 20.1. The van der Waals surface area contributed by atoms with Crippen molar-refractivity contribution in [1.29, 1.82) is 0 Å². The van der Waals surface area contributed by atoms with Crippen LogP contribution in [-0.4, -0.2) is 29.1 Å². The summed E-state index contributed by atoms with van der Waals surface area (Å²) in [6.45, 7) is 6.03. The van der Waals surface area contributed by atoms with Crippen LogP contribution in [-0.2, 0) is 11.3 Å². The molecule has 0 spiro atoms. The van der Waals surface area contributed by atoms with E-state index in [2.05, 4.69) is 4.98 Å². The standard InChI is InChI=1S/C19H26N4O4/c1-5-6-9-23-17(20)16(18(25)21-19(23)26)22(4)15(24)11-27-14-8-7-12(2)13(3)10-14/h7-8,10H,5-6,9,11,20H2,1-4H3,(H,21,25,26). The number of hydrogen-bond donors (Lipinski definition) is 2. The fourth-order valence-corrected chi connectivity index (χ4v) is 2.61. The van der Waals surface area contributed by atoms with E-state index in [4.69, 9.17) is 10.5 Å². The maximum Gasteiger partial charge on any atom is 0.330 e. The molecule has 3 N–H and O–H groups in total. The Balaban J connectivity index is 2.21. The first-order valence-electron chi connectivity index (χ1n) is 8.85. The molecule has 0 bridgehead atoms. The summed E-state index contributed by atoms with van der Waals surface area (Å²) in [7, 11) is 1.43. The molecule has 2 rings (SSSR count). The van der Waals surface area contributed by atoms with Gasteiger partial charge >= 0.3 is 5.69 Å². The van der Waals surface area contributed by atoms with Gasteiger partial charge in [0.05, 0.1) is 0 Å². The molecule has 0 saturated carbocycles. The third-order valence-corrected chi connectivity index (χ3v) is 4.50. The van der Waals surface area contributed by atoms with E-state index in [1.165, 1.54) is 11.6 Å². The lowest BCUT2D eigenvalue weighted by Gasteiger charge is -2.20. The van der Waals surface area contributed by atoms with Gasteiger partial charge in [0.1, 0.15) is 11.6 Å². The number of hydrogen-bond acceptors (Lipinski definition) is 5. The van der Waals surface area contributed by atoms with Crippen LogP contribution in [0.25, 0.3) is 0 Å². The molecule has 0 fully saturated rings. The Morgan fingerprint density at radius 3 is 2.59 bits per heavy atom. The van der Waals surface area contributed by atoms with E-state index in [-0.39, 0.29) is 18.1 Å². The summed E-state index contributed by atoms with van der Waals surface area (Å²) in [6.07, 6.45) is 1.59. The molecule has 8 nitrogen and oxygen atoms in total. The molecule has 0 aliphatic rings. The van der Waals surface area contributed by atoms with Crippen molar-refractivity contribution >= 4 is 17.4 Å². The number of nitrogens with one attached hydrogen (secondary N) is 1. The van der Waals surface area contributed by atoms with Crippen LogP contribution in [0.15, 0.2) is 27.8 Å². The number of ether oxygens (including phenoxy) is 1. The minimum atomic E-state index is -0.702. The SMILES string of the molecule is CCCCn1c(N)c(N(C)C(=O)COc2ccc(C)c(C)c2)c(=O)[nH]c1=O. The Labute approximate surface area is 157 Å². The van der Waals surface area contributed by atoms with Gasteiger partial charge in [-0.2, -0.15) is 0 Å². The minimum absolute atomic E-state index is 0.0285. The van der Waals surface area contributed by atoms with Gasteiger partial charge in [0, 0.05) is 13.6 Å². The minimum Gasteiger partial charge on any atom is -0.484 e. The normalized spacial score (nSPS) is 10.7. The Morgan fingerprint density at radius 1 is 1.26 bits per heavy atom. The zero-order valence-corrected chi connectivity index (χ0v) is 16.2. The fourth-order valence-electron chi connectivity index (χ4n) is 2.61. The molecule has 1 heterocycles. The van der Waals surface area contributed by atoms with E-state index in [0.29, 0.717) is 12.3 Å². The third-order valence-electron chi connectivity index (χ3n) is 4.50. The molecule has 0 saturated heterocycles. The first kappa shape index (κ1) is 20.3. The quantitative estimate of drug-likeness (QED) is 0.764. The number of carbonyl (C=O) groups excluding carboxylic acids is 1. The van der Waals surface area contributed by atoms with E-state index in [9.17, 15) is 14.4 Å². The summed E-state index contributed by atoms with van der Waals surface area (Å²) in [5, 5.41) is 0. The van der Waals surface area contributed by atoms with Gasteiger partial charge in [-0.1, -0.05) is 19.4 Å². The number of benzene rings is 1. The zero-order valence-electron chi connectivity index (χ0n) is 16.2. The number of aryl methyl sites for hydroxylation is 2. The highest BCUT2D eigenvalue weighted by Gasteiger charge is 2.21. The van der Waals surface area contributed by atoms with E-state index >= 15 is 0 Å². The molecule has 0 atom stereocenters. The highest BCUT2D eigenvalue weighted by Crippen LogP contribution is 2.18. The molecule has 0 aliphatic carbocycles. The summed E-state index contributed by atoms with van der Waals surface area (Å²) in [4.78, 5) is 40.0. The number of aromatic nitrogens is 2. The number of nitrogen functional groups attached to an aromatic ring is 1. The second-order valence-corrected chi connectivity index (χ2v) is 6.49. The third kappa shape index (κ3) is 4.58. The molecular weight excluding hydrogens is 348 g/mol. The smallest absolute Gasteiger partial charge is 0.330 e. The summed E-state index contributed by atoms with van der Waals surface area (Å²) < 4.78 is 6.80. The Bertz CT molecular complexity index is 946. The van der Waals surface area contributed by atoms with Crippen molar-refractivity contribution in [1.82, 2.24) is 9.55 Å². The van der Waals surface area contributed by atoms with Crippen molar-refractivity contribution in [3.63, 3.8) is 0 Å². The van der Waals surface area contributed by atoms with Crippen molar-refractivity contribution < 1.29 is 9.53 Å². The molecular formula is C19H26N4O4. The number of unbranched alkanes of at least 4 members (excludes halogenated alkanes) is 1. The number of carbonyl (C=O) groups is 1. The molecule has 2 aromatic rings. The number of nitrogens with two attached hydrogens (primary N) is 1. The lowest BCUT2D eigenvalue weighted by molar-refractivity contribution is -0.120. The van der Waals surface area contributed by atoms with Gasteiger partial charge in [-0.15, -0.1) is 0 Å². The number of anilines is 2. The maximum absolute atomic E-state index is 12.5. The number of H-pyrrole nitrogens is 1. The maximum atomic E-state index is 12.5. The van der Waals surface area contributed by atoms with Crippen molar-refractivity contribution in [3.8, 4) is 5.75 Å². The lowest BCUT2D eigenvalue weighted by atomic mass is 10.1. The van der Waals surface area contributed by atoms with E-state index in [1.54, 1.807) is 6.07 Å². The second kappa shape index (κ2) is 8.57. The highest BCUT2D eigenvalue weighted by molar-refractivity contribution is 5.96. The Morgan fingerprint density at radius 2 is 1.96 bits per heavy atom. The molecule has 0 unspecified atom stereocenters. The predicted octanol–water partition coefficient (Wildman–Crippen LogP) is 1.58. The van der Waals surface area contributed by atoms with Crippen molar-refractivity contribution in [2.45, 2.75) is 40.2 Å². The van der Waals surface area contributed by atoms with Gasteiger partial charge < -0.3 is 15.4 Å². The van der Waals surface area contributed by atoms with Crippen LogP contribution >= 0.6 is 0 Å². The average Bonchev–Trinajstić information content (AvgIpc) is 2.61. The van der Waals surface area contributed by atoms with Gasteiger partial charge in [-0.3, -0.25) is 19.1 Å². The van der Waals surface area contributed by atoms with Crippen LogP contribution in [0.4, 0.5) is 11.5 Å². The van der Waals surface area contributed by atoms with Gasteiger partial charge in [-0.05, 0) is 43.5 Å². The fraction of sp³-hybridized carbons (Fsp3) is 0.421. The number of likely N-dealkylation sites (N-methyl/N-ethyl adjacent to an activating group) is 1. The number of aromatic amines is 1. The van der Waals surface area contributed by atoms with Gasteiger partial charge in [0.2, 0.25) is 0 Å². The van der Waals surface area contributed by atoms with Crippen LogP contribution in [0.2, 0.25) is 0 Å². The molecule has 146 valence electrons. The van der Waals surface area contributed by atoms with Crippen LogP contribution < -0.4 is 26.6 Å². The van der Waals surface area contributed by atoms with Crippen LogP contribution in [0.1, 0.15) is 30.9 Å². The topological polar surface area (TPSA) is 110 Å². The van der Waals surface area contributed by atoms with Gasteiger partial charge in [0.15, 0.2) is 12.3 Å². The number of rotatable bonds is 7. The van der Waals surface area contributed by atoms with Crippen LogP contribution in [0.3, 0.4) is 0 Å². The molecule has 1 amide bonds. The van der Waals surface area contributed by atoms with Gasteiger partial charge in [-0.25, -0.2) is 4.79 Å². The summed E-state index contributed by atoms with van der Waals surface area (Å²) >= 11 is 0. The van der Waals surface area contributed by atoms with Crippen molar-refractivity contribution in [2.75, 3.05) is 24.3 Å². The largest absolute Gasteiger partial charge is 0.484 e. The molecule has 1 aromatic heterocycles. The average molecular weight is 374 g/mol. The van der Waals surface area contributed by atoms with E-state index < -0.39 is 17.2 Å². The lowest BCUT2D eigenvalue weighted by Crippen LogP contribution is -2.40. The predicted molar refractivity (Wildman–Crippen MR) is 105 cm³/mol. The van der Waals surface area contributed by atoms with E-state index in [1.807, 2.05) is 32.9 Å². The van der Waals surface area contributed by atoms with Gasteiger partial charge in [0.25, 0.3) is 11.5 Å². The Kier molecular flexibility index (Phi) is 6.44. The monoisotopic (exact) mass is 374 g/mol. The van der Waals surface area contributed by atoms with Crippen LogP contribution in [0.5, 0.6) is 5.75 Å². The summed E-state index contributed by atoms with van der Waals surface area (Å²) in [6, 6.07) is 5.53. The number of amides is 1. The number of nitrogens with zero attached hydrogens (tertiary/aromatic N) is 2. The second-order valence-electron chi connectivity index (χ2n) is 6.49. The first-order valence-corrected chi connectivity index (χ1v) is 8.85. The molecule has 0 radical (unpaired) electrons. The first-order chi connectivity index (χ1) is 12.8. The molecule has 8 heteroatoms. The summed E-state index contributed by atoms with van der Waals surface area (Å²) in [5.41, 5.74) is 6.85. The van der Waals surface area contributed by atoms with E-state index in [0.717, 1.165) is 28.9 Å². The molecule has 0 aliphatic heterocycles. The Hall–Kier alpha value is -3.03. The van der Waals surface area contributed by atoms with Crippen molar-refractivity contribution in [2.24, 2.45) is 0 Å². The molecule has 27 heavy (non-hydrogen) atoms.